The van der Waals surface area contributed by atoms with Crippen molar-refractivity contribution in [3.8, 4) is 5.75 Å². The molecule has 0 saturated carbocycles. The van der Waals surface area contributed by atoms with Crippen LogP contribution in [0.2, 0.25) is 5.02 Å². The number of methoxy groups -OCH3 is 1. The minimum atomic E-state index is -0.0119. The highest BCUT2D eigenvalue weighted by Crippen LogP contribution is 2.30. The molecule has 1 atom stereocenters. The van der Waals surface area contributed by atoms with Crippen LogP contribution >= 0.6 is 11.6 Å². The normalized spacial score (nSPS) is 12.2. The van der Waals surface area contributed by atoms with E-state index in [0.717, 1.165) is 11.3 Å². The van der Waals surface area contributed by atoms with Gasteiger partial charge in [0.15, 0.2) is 0 Å². The first-order valence-corrected chi connectivity index (χ1v) is 5.95. The molecule has 0 saturated heterocycles. The van der Waals surface area contributed by atoms with Gasteiger partial charge >= 0.3 is 0 Å². The summed E-state index contributed by atoms with van der Waals surface area (Å²) in [6, 6.07) is 9.37. The van der Waals surface area contributed by atoms with Gasteiger partial charge in [-0.05, 0) is 29.8 Å². The number of ether oxygens (including phenoxy) is 1. The molecule has 18 heavy (non-hydrogen) atoms. The second kappa shape index (κ2) is 5.80. The fourth-order valence-corrected chi connectivity index (χ4v) is 2.09. The monoisotopic (exact) mass is 263 g/mol. The van der Waals surface area contributed by atoms with Crippen LogP contribution in [0.3, 0.4) is 0 Å². The molecule has 0 fully saturated rings. The number of nitrogens with zero attached hydrogens (tertiary/aromatic N) is 2. The molecule has 2 rings (SSSR count). The molecule has 0 radical (unpaired) electrons. The Bertz CT molecular complexity index is 519. The molecule has 1 aromatic heterocycles. The molecule has 0 bridgehead atoms. The summed E-state index contributed by atoms with van der Waals surface area (Å²) in [7, 11) is 1.59. The van der Waals surface area contributed by atoms with Crippen LogP contribution in [0.4, 0.5) is 0 Å². The van der Waals surface area contributed by atoms with Gasteiger partial charge in [0.1, 0.15) is 5.75 Å². The molecular weight excluding hydrogens is 250 g/mol. The van der Waals surface area contributed by atoms with Crippen LogP contribution in [-0.4, -0.2) is 23.9 Å². The number of nitrogens with two attached hydrogens (primary N) is 1. The Hall–Kier alpha value is -1.65. The van der Waals surface area contributed by atoms with Gasteiger partial charge in [0.05, 0.1) is 17.8 Å². The predicted molar refractivity (Wildman–Crippen MR) is 70.9 cm³/mol. The Morgan fingerprint density at radius 1 is 1.39 bits per heavy atom. The van der Waals surface area contributed by atoms with Crippen LogP contribution < -0.4 is 10.5 Å². The summed E-state index contributed by atoms with van der Waals surface area (Å²) < 4.78 is 5.13. The summed E-state index contributed by atoms with van der Waals surface area (Å²) in [6.07, 6.45) is 1.64. The van der Waals surface area contributed by atoms with Crippen LogP contribution in [-0.2, 0) is 0 Å². The Kier molecular flexibility index (Phi) is 4.12. The van der Waals surface area contributed by atoms with E-state index >= 15 is 0 Å². The van der Waals surface area contributed by atoms with Crippen molar-refractivity contribution >= 4 is 11.6 Å². The summed E-state index contributed by atoms with van der Waals surface area (Å²) in [5.74, 6) is 0.637. The molecule has 4 nitrogen and oxygen atoms in total. The van der Waals surface area contributed by atoms with Gasteiger partial charge in [0.2, 0.25) is 0 Å². The van der Waals surface area contributed by atoms with E-state index in [2.05, 4.69) is 10.2 Å². The lowest BCUT2D eigenvalue weighted by molar-refractivity contribution is 0.415. The zero-order valence-electron chi connectivity index (χ0n) is 10.0. The van der Waals surface area contributed by atoms with Gasteiger partial charge in [-0.3, -0.25) is 0 Å². The average molecular weight is 264 g/mol. The Labute approximate surface area is 111 Å². The van der Waals surface area contributed by atoms with Gasteiger partial charge < -0.3 is 10.5 Å². The molecule has 5 heteroatoms. The van der Waals surface area contributed by atoms with Crippen molar-refractivity contribution in [1.29, 1.82) is 0 Å². The summed E-state index contributed by atoms with van der Waals surface area (Å²) in [4.78, 5) is 0. The van der Waals surface area contributed by atoms with E-state index in [0.29, 0.717) is 17.3 Å². The molecule has 0 spiro atoms. The van der Waals surface area contributed by atoms with E-state index < -0.39 is 0 Å². The maximum absolute atomic E-state index is 6.12. The minimum Gasteiger partial charge on any atom is -0.495 e. The molecule has 0 amide bonds. The SMILES string of the molecule is COc1ccc(C(CN)c2cccnn2)cc1Cl. The highest BCUT2D eigenvalue weighted by atomic mass is 35.5. The van der Waals surface area contributed by atoms with Crippen LogP contribution in [0.25, 0.3) is 0 Å². The third-order valence-electron chi connectivity index (χ3n) is 2.76. The largest absolute Gasteiger partial charge is 0.495 e. The first kappa shape index (κ1) is 12.8. The molecule has 1 aromatic carbocycles. The van der Waals surface area contributed by atoms with Crippen molar-refractivity contribution in [1.82, 2.24) is 10.2 Å². The highest BCUT2D eigenvalue weighted by Gasteiger charge is 2.15. The van der Waals surface area contributed by atoms with Gasteiger partial charge in [0.25, 0.3) is 0 Å². The molecule has 0 aliphatic heterocycles. The predicted octanol–water partition coefficient (Wildman–Crippen LogP) is 2.23. The summed E-state index contributed by atoms with van der Waals surface area (Å²) >= 11 is 6.12. The first-order valence-electron chi connectivity index (χ1n) is 5.57. The third kappa shape index (κ3) is 2.60. The number of halogens is 1. The molecule has 0 aliphatic rings. The second-order valence-electron chi connectivity index (χ2n) is 3.83. The number of rotatable bonds is 4. The van der Waals surface area contributed by atoms with E-state index in [-0.39, 0.29) is 5.92 Å². The van der Waals surface area contributed by atoms with Crippen molar-refractivity contribution in [2.24, 2.45) is 5.73 Å². The molecule has 1 heterocycles. The first-order chi connectivity index (χ1) is 8.76. The molecular formula is C13H14ClN3O. The van der Waals surface area contributed by atoms with E-state index in [4.69, 9.17) is 22.1 Å². The third-order valence-corrected chi connectivity index (χ3v) is 3.06. The summed E-state index contributed by atoms with van der Waals surface area (Å²) in [5.41, 5.74) is 7.65. The van der Waals surface area contributed by atoms with Crippen LogP contribution in [0, 0.1) is 0 Å². The molecule has 2 N–H and O–H groups in total. The average Bonchev–Trinajstić information content (AvgIpc) is 2.41. The second-order valence-corrected chi connectivity index (χ2v) is 4.24. The Morgan fingerprint density at radius 2 is 2.22 bits per heavy atom. The summed E-state index contributed by atoms with van der Waals surface area (Å²) in [6.45, 7) is 0.446. The quantitative estimate of drug-likeness (QED) is 0.919. The molecule has 94 valence electrons. The zero-order chi connectivity index (χ0) is 13.0. The van der Waals surface area contributed by atoms with Gasteiger partial charge in [-0.25, -0.2) is 0 Å². The van der Waals surface area contributed by atoms with Crippen LogP contribution in [0.5, 0.6) is 5.75 Å². The Morgan fingerprint density at radius 3 is 2.78 bits per heavy atom. The van der Waals surface area contributed by atoms with E-state index in [1.54, 1.807) is 13.3 Å². The molecule has 2 aromatic rings. The molecule has 1 unspecified atom stereocenters. The van der Waals surface area contributed by atoms with Crippen molar-refractivity contribution in [3.05, 3.63) is 52.8 Å². The lowest BCUT2D eigenvalue weighted by Crippen LogP contribution is -2.15. The van der Waals surface area contributed by atoms with Crippen molar-refractivity contribution in [2.75, 3.05) is 13.7 Å². The van der Waals surface area contributed by atoms with Crippen molar-refractivity contribution in [3.63, 3.8) is 0 Å². The smallest absolute Gasteiger partial charge is 0.137 e. The van der Waals surface area contributed by atoms with E-state index in [1.165, 1.54) is 0 Å². The maximum atomic E-state index is 6.12. The topological polar surface area (TPSA) is 61.0 Å². The fraction of sp³-hybridized carbons (Fsp3) is 0.231. The standard InChI is InChI=1S/C13H14ClN3O/c1-18-13-5-4-9(7-11(13)14)10(8-15)12-3-2-6-16-17-12/h2-7,10H,8,15H2,1H3. The van der Waals surface area contributed by atoms with Gasteiger partial charge in [0, 0.05) is 18.7 Å². The minimum absolute atomic E-state index is 0.0119. The lowest BCUT2D eigenvalue weighted by Gasteiger charge is -2.15. The summed E-state index contributed by atoms with van der Waals surface area (Å²) in [5, 5.41) is 8.53. The van der Waals surface area contributed by atoms with Crippen LogP contribution in [0.1, 0.15) is 17.2 Å². The number of hydrogen-bond acceptors (Lipinski definition) is 4. The molecule has 0 aliphatic carbocycles. The number of benzene rings is 1. The van der Waals surface area contributed by atoms with E-state index in [1.807, 2.05) is 30.3 Å². The lowest BCUT2D eigenvalue weighted by atomic mass is 9.95. The fourth-order valence-electron chi connectivity index (χ4n) is 1.83. The highest BCUT2D eigenvalue weighted by molar-refractivity contribution is 6.32. The number of aromatic nitrogens is 2. The van der Waals surface area contributed by atoms with E-state index in [9.17, 15) is 0 Å². The van der Waals surface area contributed by atoms with Crippen LogP contribution in [0.15, 0.2) is 36.5 Å². The van der Waals surface area contributed by atoms with Gasteiger partial charge in [-0.2, -0.15) is 10.2 Å². The van der Waals surface area contributed by atoms with Gasteiger partial charge in [-0.1, -0.05) is 17.7 Å². The van der Waals surface area contributed by atoms with Crippen molar-refractivity contribution < 1.29 is 4.74 Å². The van der Waals surface area contributed by atoms with Crippen molar-refractivity contribution in [2.45, 2.75) is 5.92 Å². The maximum Gasteiger partial charge on any atom is 0.137 e. The van der Waals surface area contributed by atoms with Gasteiger partial charge in [-0.15, -0.1) is 0 Å². The zero-order valence-corrected chi connectivity index (χ0v) is 10.8. The Balaban J connectivity index is 2.37. The number of hydrogen-bond donors (Lipinski definition) is 1.